The van der Waals surface area contributed by atoms with Gasteiger partial charge in [-0.05, 0) is 17.5 Å². The van der Waals surface area contributed by atoms with Crippen LogP contribution in [-0.4, -0.2) is 12.8 Å². The van der Waals surface area contributed by atoms with Crippen molar-refractivity contribution in [3.63, 3.8) is 0 Å². The van der Waals surface area contributed by atoms with Crippen molar-refractivity contribution in [2.75, 3.05) is 0 Å². The van der Waals surface area contributed by atoms with Gasteiger partial charge in [0.2, 0.25) is 0 Å². The fraction of sp³-hybridized carbons (Fsp3) is 0. The average molecular weight is 173 g/mol. The number of rotatable bonds is 0. The highest BCUT2D eigenvalue weighted by Crippen LogP contribution is 2.07. The molecule has 13 heavy (non-hydrogen) atoms. The minimum Gasteiger partial charge on any atom is -0.329 e. The second kappa shape index (κ2) is 2.73. The summed E-state index contributed by atoms with van der Waals surface area (Å²) in [4.78, 5) is 13.6. The van der Waals surface area contributed by atoms with Crippen LogP contribution in [0, 0.1) is 5.82 Å². The van der Waals surface area contributed by atoms with Gasteiger partial charge in [0, 0.05) is 11.6 Å². The average Bonchev–Trinajstić information content (AvgIpc) is 2.09. The molecule has 1 aromatic heterocycles. The van der Waals surface area contributed by atoms with Crippen LogP contribution in [-0.2, 0) is 0 Å². The Morgan fingerprint density at radius 1 is 1.38 bits per heavy atom. The Balaban J connectivity index is 2.97. The fourth-order valence-electron chi connectivity index (χ4n) is 1.23. The van der Waals surface area contributed by atoms with Gasteiger partial charge in [-0.2, -0.15) is 0 Å². The van der Waals surface area contributed by atoms with Gasteiger partial charge in [0.25, 0.3) is 5.56 Å². The van der Waals surface area contributed by atoms with Crippen molar-refractivity contribution < 1.29 is 4.39 Å². The number of hydrogen-bond acceptors (Lipinski definition) is 1. The lowest BCUT2D eigenvalue weighted by atomic mass is 9.93. The Bertz CT molecular complexity index is 520. The molecule has 0 saturated carbocycles. The lowest BCUT2D eigenvalue weighted by molar-refractivity contribution is 0.637. The summed E-state index contributed by atoms with van der Waals surface area (Å²) in [6.45, 7) is 0. The van der Waals surface area contributed by atoms with Crippen molar-refractivity contribution in [3.05, 3.63) is 40.6 Å². The molecular formula is C9H5BFNO. The third kappa shape index (κ3) is 1.24. The molecule has 2 nitrogen and oxygen atoms in total. The summed E-state index contributed by atoms with van der Waals surface area (Å²) in [6, 6.07) is 4.26. The smallest absolute Gasteiger partial charge is 0.255 e. The molecule has 2 radical (unpaired) electrons. The standard InChI is InChI=1S/C9H5BFNO/c10-7-3-5-1-2-12-9(13)6(5)4-8(7)11/h1-4H,(H,12,13). The minimum atomic E-state index is -0.566. The van der Waals surface area contributed by atoms with Gasteiger partial charge in [0.15, 0.2) is 0 Å². The third-order valence-electron chi connectivity index (χ3n) is 1.89. The number of H-pyrrole nitrogens is 1. The maximum Gasteiger partial charge on any atom is 0.255 e. The van der Waals surface area contributed by atoms with Crippen LogP contribution in [0.15, 0.2) is 29.2 Å². The van der Waals surface area contributed by atoms with Crippen LogP contribution in [0.2, 0.25) is 0 Å². The Labute approximate surface area is 74.8 Å². The molecule has 1 N–H and O–H groups in total. The molecule has 0 saturated heterocycles. The number of aromatic amines is 1. The highest BCUT2D eigenvalue weighted by atomic mass is 19.1. The molecule has 0 unspecified atom stereocenters. The van der Waals surface area contributed by atoms with Crippen molar-refractivity contribution >= 4 is 24.1 Å². The predicted molar refractivity (Wildman–Crippen MR) is 49.9 cm³/mol. The summed E-state index contributed by atoms with van der Waals surface area (Å²) >= 11 is 0. The van der Waals surface area contributed by atoms with Gasteiger partial charge in [-0.25, -0.2) is 4.39 Å². The first-order valence-corrected chi connectivity index (χ1v) is 3.75. The maximum absolute atomic E-state index is 13.0. The molecule has 62 valence electrons. The zero-order valence-corrected chi connectivity index (χ0v) is 6.67. The molecule has 2 rings (SSSR count). The van der Waals surface area contributed by atoms with Gasteiger partial charge < -0.3 is 4.98 Å². The van der Waals surface area contributed by atoms with Crippen molar-refractivity contribution in [2.24, 2.45) is 0 Å². The molecule has 0 atom stereocenters. The molecule has 0 amide bonds. The molecule has 0 aliphatic carbocycles. The minimum absolute atomic E-state index is 0.0538. The zero-order chi connectivity index (χ0) is 9.42. The summed E-state index contributed by atoms with van der Waals surface area (Å²) in [6.07, 6.45) is 1.50. The second-order valence-electron chi connectivity index (χ2n) is 2.77. The lowest BCUT2D eigenvalue weighted by Gasteiger charge is -1.99. The molecule has 0 aliphatic rings. The maximum atomic E-state index is 13.0. The third-order valence-corrected chi connectivity index (χ3v) is 1.89. The zero-order valence-electron chi connectivity index (χ0n) is 6.67. The SMILES string of the molecule is [B]c1cc2cc[nH]c(=O)c2cc1F. The van der Waals surface area contributed by atoms with Crippen molar-refractivity contribution in [2.45, 2.75) is 0 Å². The van der Waals surface area contributed by atoms with Crippen LogP contribution in [0.25, 0.3) is 10.8 Å². The molecule has 1 heterocycles. The van der Waals surface area contributed by atoms with Crippen molar-refractivity contribution in [1.29, 1.82) is 0 Å². The van der Waals surface area contributed by atoms with Gasteiger partial charge in [0.05, 0.1) is 0 Å². The van der Waals surface area contributed by atoms with E-state index in [2.05, 4.69) is 4.98 Å². The van der Waals surface area contributed by atoms with E-state index in [1.807, 2.05) is 0 Å². The Hall–Kier alpha value is -1.58. The van der Waals surface area contributed by atoms with Gasteiger partial charge in [0.1, 0.15) is 13.7 Å². The number of aromatic nitrogens is 1. The van der Waals surface area contributed by atoms with E-state index in [9.17, 15) is 9.18 Å². The van der Waals surface area contributed by atoms with Gasteiger partial charge in [-0.1, -0.05) is 11.5 Å². The highest BCUT2D eigenvalue weighted by molar-refractivity contribution is 6.33. The van der Waals surface area contributed by atoms with E-state index in [-0.39, 0.29) is 11.0 Å². The largest absolute Gasteiger partial charge is 0.329 e. The summed E-state index contributed by atoms with van der Waals surface area (Å²) < 4.78 is 13.0. The molecular weight excluding hydrogens is 168 g/mol. The van der Waals surface area contributed by atoms with Crippen molar-refractivity contribution in [1.82, 2.24) is 4.98 Å². The Morgan fingerprint density at radius 2 is 2.15 bits per heavy atom. The number of halogens is 1. The van der Waals surface area contributed by atoms with E-state index in [0.29, 0.717) is 10.8 Å². The van der Waals surface area contributed by atoms with E-state index >= 15 is 0 Å². The second-order valence-corrected chi connectivity index (χ2v) is 2.77. The molecule has 4 heteroatoms. The van der Waals surface area contributed by atoms with E-state index in [4.69, 9.17) is 7.85 Å². The normalized spacial score (nSPS) is 10.5. The fourth-order valence-corrected chi connectivity index (χ4v) is 1.23. The van der Waals surface area contributed by atoms with Crippen LogP contribution in [0.5, 0.6) is 0 Å². The summed E-state index contributed by atoms with van der Waals surface area (Å²) in [5.74, 6) is -0.566. The first kappa shape index (κ1) is 8.04. The number of fused-ring (bicyclic) bond motifs is 1. The molecule has 2 aromatic rings. The van der Waals surface area contributed by atoms with Gasteiger partial charge in [-0.15, -0.1) is 0 Å². The van der Waals surface area contributed by atoms with E-state index < -0.39 is 5.82 Å². The van der Waals surface area contributed by atoms with E-state index in [1.54, 1.807) is 6.07 Å². The van der Waals surface area contributed by atoms with E-state index in [0.717, 1.165) is 6.07 Å². The quantitative estimate of drug-likeness (QED) is 0.576. The van der Waals surface area contributed by atoms with Crippen molar-refractivity contribution in [3.8, 4) is 0 Å². The molecule has 0 spiro atoms. The van der Waals surface area contributed by atoms with E-state index in [1.165, 1.54) is 12.3 Å². The number of hydrogen-bond donors (Lipinski definition) is 1. The molecule has 0 fully saturated rings. The first-order valence-electron chi connectivity index (χ1n) is 3.75. The van der Waals surface area contributed by atoms with Crippen LogP contribution in [0.4, 0.5) is 4.39 Å². The number of nitrogens with one attached hydrogen (secondary N) is 1. The monoisotopic (exact) mass is 173 g/mol. The van der Waals surface area contributed by atoms with Crippen LogP contribution >= 0.6 is 0 Å². The number of pyridine rings is 1. The van der Waals surface area contributed by atoms with Crippen LogP contribution in [0.3, 0.4) is 0 Å². The number of benzene rings is 1. The predicted octanol–water partition coefficient (Wildman–Crippen LogP) is 0.461. The Morgan fingerprint density at radius 3 is 2.92 bits per heavy atom. The van der Waals surface area contributed by atoms with Crippen LogP contribution in [0.1, 0.15) is 0 Å². The summed E-state index contributed by atoms with van der Waals surface area (Å²) in [5, 5.41) is 0.955. The topological polar surface area (TPSA) is 32.9 Å². The summed E-state index contributed by atoms with van der Waals surface area (Å²) in [7, 11) is 5.35. The van der Waals surface area contributed by atoms with Gasteiger partial charge >= 0.3 is 0 Å². The Kier molecular flexibility index (Phi) is 1.69. The lowest BCUT2D eigenvalue weighted by Crippen LogP contribution is -2.12. The molecule has 0 bridgehead atoms. The first-order chi connectivity index (χ1) is 6.18. The molecule has 1 aromatic carbocycles. The van der Waals surface area contributed by atoms with Crippen LogP contribution < -0.4 is 11.0 Å². The van der Waals surface area contributed by atoms with Gasteiger partial charge in [-0.3, -0.25) is 4.79 Å². The highest BCUT2D eigenvalue weighted by Gasteiger charge is 2.02. The summed E-state index contributed by atoms with van der Waals surface area (Å²) in [5.41, 5.74) is -0.255. The molecule has 0 aliphatic heterocycles.